The van der Waals surface area contributed by atoms with Gasteiger partial charge in [0.25, 0.3) is 11.8 Å². The molecule has 0 saturated heterocycles. The molecule has 5 nitrogen and oxygen atoms in total. The number of amides is 2. The molecule has 2 aromatic carbocycles. The number of hydrogen-bond donors (Lipinski definition) is 0. The van der Waals surface area contributed by atoms with Crippen LogP contribution in [0.3, 0.4) is 0 Å². The molecule has 0 aliphatic rings. The number of rotatable bonds is 7. The lowest BCUT2D eigenvalue weighted by Crippen LogP contribution is -2.31. The van der Waals surface area contributed by atoms with Crippen molar-refractivity contribution >= 4 is 28.8 Å². The van der Waals surface area contributed by atoms with E-state index in [-0.39, 0.29) is 24.1 Å². The summed E-state index contributed by atoms with van der Waals surface area (Å²) in [6.45, 7) is -2.62. The van der Waals surface area contributed by atoms with E-state index in [2.05, 4.69) is 4.74 Å². The number of anilines is 1. The molecule has 3 aromatic rings. The van der Waals surface area contributed by atoms with Crippen LogP contribution in [0, 0.1) is 0 Å². The molecule has 3 rings (SSSR count). The highest BCUT2D eigenvalue weighted by atomic mass is 32.1. The Labute approximate surface area is 177 Å². The fourth-order valence-corrected chi connectivity index (χ4v) is 3.65. The molecule has 8 heteroatoms. The van der Waals surface area contributed by atoms with Crippen molar-refractivity contribution in [3.8, 4) is 5.75 Å². The second kappa shape index (κ2) is 9.49. The maximum atomic E-state index is 13.1. The smallest absolute Gasteiger partial charge is 0.387 e. The van der Waals surface area contributed by atoms with Gasteiger partial charge in [-0.1, -0.05) is 30.3 Å². The summed E-state index contributed by atoms with van der Waals surface area (Å²) in [5.74, 6) is -0.395. The van der Waals surface area contributed by atoms with Crippen LogP contribution in [-0.4, -0.2) is 37.4 Å². The van der Waals surface area contributed by atoms with Crippen LogP contribution in [0.15, 0.2) is 66.0 Å². The van der Waals surface area contributed by atoms with E-state index in [1.807, 2.05) is 5.38 Å². The van der Waals surface area contributed by atoms with Crippen molar-refractivity contribution in [2.24, 2.45) is 0 Å². The highest BCUT2D eigenvalue weighted by Gasteiger charge is 2.22. The summed E-state index contributed by atoms with van der Waals surface area (Å²) in [5, 5.41) is 1.82. The molecule has 0 N–H and O–H groups in total. The Hall–Kier alpha value is -3.26. The standard InChI is InChI=1S/C22H20F2N2O3S/c1-25(14-15-9-11-16(12-10-15)29-22(23)24)20(27)17-6-3-4-7-18(17)26(2)21(28)19-8-5-13-30-19/h3-13,22H,14H2,1-2H3. The first kappa shape index (κ1) is 21.4. The first-order chi connectivity index (χ1) is 14.4. The zero-order valence-electron chi connectivity index (χ0n) is 16.4. The molecule has 0 spiro atoms. The van der Waals surface area contributed by atoms with Gasteiger partial charge in [0.15, 0.2) is 0 Å². The quantitative estimate of drug-likeness (QED) is 0.536. The predicted molar refractivity (Wildman–Crippen MR) is 112 cm³/mol. The van der Waals surface area contributed by atoms with E-state index in [4.69, 9.17) is 0 Å². The van der Waals surface area contributed by atoms with E-state index in [1.165, 1.54) is 33.3 Å². The lowest BCUT2D eigenvalue weighted by Gasteiger charge is -2.23. The van der Waals surface area contributed by atoms with E-state index in [0.717, 1.165) is 5.56 Å². The van der Waals surface area contributed by atoms with Gasteiger partial charge in [0.1, 0.15) is 5.75 Å². The van der Waals surface area contributed by atoms with Gasteiger partial charge in [-0.3, -0.25) is 9.59 Å². The molecule has 0 atom stereocenters. The molecule has 1 heterocycles. The number of halogens is 2. The van der Waals surface area contributed by atoms with Gasteiger partial charge in [-0.2, -0.15) is 8.78 Å². The number of benzene rings is 2. The molecule has 0 unspecified atom stereocenters. The number of hydrogen-bond acceptors (Lipinski definition) is 4. The van der Waals surface area contributed by atoms with E-state index >= 15 is 0 Å². The van der Waals surface area contributed by atoms with Crippen molar-refractivity contribution in [2.45, 2.75) is 13.2 Å². The van der Waals surface area contributed by atoms with Crippen LogP contribution in [0.4, 0.5) is 14.5 Å². The predicted octanol–water partition coefficient (Wildman–Crippen LogP) is 4.90. The van der Waals surface area contributed by atoms with Crippen LogP contribution in [0.1, 0.15) is 25.6 Å². The molecule has 0 saturated carbocycles. The van der Waals surface area contributed by atoms with Crippen LogP contribution in [-0.2, 0) is 6.54 Å². The van der Waals surface area contributed by atoms with Crippen molar-refractivity contribution < 1.29 is 23.1 Å². The monoisotopic (exact) mass is 430 g/mol. The molecule has 0 fully saturated rings. The Morgan fingerprint density at radius 3 is 2.30 bits per heavy atom. The minimum atomic E-state index is -2.88. The normalized spacial score (nSPS) is 10.7. The SMILES string of the molecule is CN(Cc1ccc(OC(F)F)cc1)C(=O)c1ccccc1N(C)C(=O)c1cccs1. The van der Waals surface area contributed by atoms with Crippen molar-refractivity contribution in [3.63, 3.8) is 0 Å². The van der Waals surface area contributed by atoms with Gasteiger partial charge in [-0.25, -0.2) is 0 Å². The second-order valence-electron chi connectivity index (χ2n) is 6.54. The van der Waals surface area contributed by atoms with Crippen LogP contribution < -0.4 is 9.64 Å². The molecule has 30 heavy (non-hydrogen) atoms. The molecule has 156 valence electrons. The molecule has 0 bridgehead atoms. The number of alkyl halides is 2. The third-order valence-corrected chi connectivity index (χ3v) is 5.31. The van der Waals surface area contributed by atoms with Crippen molar-refractivity contribution in [3.05, 3.63) is 82.0 Å². The maximum Gasteiger partial charge on any atom is 0.387 e. The molecular formula is C22H20F2N2O3S. The average Bonchev–Trinajstić information content (AvgIpc) is 3.28. The van der Waals surface area contributed by atoms with E-state index in [0.29, 0.717) is 16.1 Å². The van der Waals surface area contributed by atoms with Gasteiger partial charge in [-0.15, -0.1) is 11.3 Å². The molecule has 0 aliphatic heterocycles. The summed E-state index contributed by atoms with van der Waals surface area (Å²) < 4.78 is 28.9. The number of carbonyl (C=O) groups excluding carboxylic acids is 2. The number of nitrogens with zero attached hydrogens (tertiary/aromatic N) is 2. The Morgan fingerprint density at radius 2 is 1.67 bits per heavy atom. The number of carbonyl (C=O) groups is 2. The third-order valence-electron chi connectivity index (χ3n) is 4.45. The summed E-state index contributed by atoms with van der Waals surface area (Å²) >= 11 is 1.34. The Kier molecular flexibility index (Phi) is 6.79. The minimum Gasteiger partial charge on any atom is -0.435 e. The summed E-state index contributed by atoms with van der Waals surface area (Å²) in [6.07, 6.45) is 0. The lowest BCUT2D eigenvalue weighted by molar-refractivity contribution is -0.0498. The molecule has 1 aromatic heterocycles. The molecule has 0 radical (unpaired) electrons. The summed E-state index contributed by atoms with van der Waals surface area (Å²) in [4.78, 5) is 29.3. The Morgan fingerprint density at radius 1 is 0.967 bits per heavy atom. The average molecular weight is 430 g/mol. The minimum absolute atomic E-state index is 0.0572. The number of para-hydroxylation sites is 1. The summed E-state index contributed by atoms with van der Waals surface area (Å²) in [5.41, 5.74) is 1.66. The van der Waals surface area contributed by atoms with Crippen LogP contribution in [0.25, 0.3) is 0 Å². The van der Waals surface area contributed by atoms with Gasteiger partial charge in [-0.05, 0) is 41.3 Å². The first-order valence-electron chi connectivity index (χ1n) is 9.06. The molecule has 0 aliphatic carbocycles. The first-order valence-corrected chi connectivity index (χ1v) is 9.94. The van der Waals surface area contributed by atoms with Gasteiger partial charge in [0, 0.05) is 20.6 Å². The largest absolute Gasteiger partial charge is 0.435 e. The number of thiophene rings is 1. The zero-order valence-corrected chi connectivity index (χ0v) is 17.2. The lowest BCUT2D eigenvalue weighted by atomic mass is 10.1. The van der Waals surface area contributed by atoms with E-state index in [1.54, 1.807) is 62.6 Å². The zero-order chi connectivity index (χ0) is 21.7. The van der Waals surface area contributed by atoms with Crippen molar-refractivity contribution in [2.75, 3.05) is 19.0 Å². The fraction of sp³-hybridized carbons (Fsp3) is 0.182. The second-order valence-corrected chi connectivity index (χ2v) is 7.49. The topological polar surface area (TPSA) is 49.9 Å². The van der Waals surface area contributed by atoms with Crippen LogP contribution >= 0.6 is 11.3 Å². The Bertz CT molecular complexity index is 1010. The highest BCUT2D eigenvalue weighted by molar-refractivity contribution is 7.12. The van der Waals surface area contributed by atoms with Crippen molar-refractivity contribution in [1.29, 1.82) is 0 Å². The fourth-order valence-electron chi connectivity index (χ4n) is 2.95. The van der Waals surface area contributed by atoms with Crippen molar-refractivity contribution in [1.82, 2.24) is 4.90 Å². The molecular weight excluding hydrogens is 410 g/mol. The Balaban J connectivity index is 1.75. The highest BCUT2D eigenvalue weighted by Crippen LogP contribution is 2.24. The van der Waals surface area contributed by atoms with Gasteiger partial charge in [0.2, 0.25) is 0 Å². The van der Waals surface area contributed by atoms with Gasteiger partial charge in [0.05, 0.1) is 16.1 Å². The third kappa shape index (κ3) is 5.01. The van der Waals surface area contributed by atoms with Crippen LogP contribution in [0.5, 0.6) is 5.75 Å². The summed E-state index contributed by atoms with van der Waals surface area (Å²) in [6, 6.07) is 16.6. The maximum absolute atomic E-state index is 13.1. The van der Waals surface area contributed by atoms with Gasteiger partial charge < -0.3 is 14.5 Å². The van der Waals surface area contributed by atoms with E-state index < -0.39 is 6.61 Å². The molecule has 2 amide bonds. The van der Waals surface area contributed by atoms with E-state index in [9.17, 15) is 18.4 Å². The van der Waals surface area contributed by atoms with Crippen LogP contribution in [0.2, 0.25) is 0 Å². The summed E-state index contributed by atoms with van der Waals surface area (Å²) in [7, 11) is 3.28. The van der Waals surface area contributed by atoms with Gasteiger partial charge >= 0.3 is 6.61 Å². The number of ether oxygens (including phenoxy) is 1.